The third-order valence-electron chi connectivity index (χ3n) is 6.94. The summed E-state index contributed by atoms with van der Waals surface area (Å²) in [7, 11) is 0. The van der Waals surface area contributed by atoms with Gasteiger partial charge in [0.05, 0.1) is 0 Å². The maximum absolute atomic E-state index is 13.5. The van der Waals surface area contributed by atoms with Crippen molar-refractivity contribution in [1.82, 2.24) is 10.2 Å². The molecule has 4 rings (SSSR count). The summed E-state index contributed by atoms with van der Waals surface area (Å²) in [5, 5.41) is 3.14. The zero-order chi connectivity index (χ0) is 22.3. The van der Waals surface area contributed by atoms with Crippen LogP contribution in [-0.4, -0.2) is 43.5 Å². The van der Waals surface area contributed by atoms with Gasteiger partial charge in [0, 0.05) is 43.9 Å². The summed E-state index contributed by atoms with van der Waals surface area (Å²) in [6.07, 6.45) is 4.90. The Morgan fingerprint density at radius 3 is 2.31 bits per heavy atom. The lowest BCUT2D eigenvalue weighted by Gasteiger charge is -2.33. The van der Waals surface area contributed by atoms with Crippen molar-refractivity contribution in [3.8, 4) is 0 Å². The molecule has 0 spiro atoms. The van der Waals surface area contributed by atoms with Gasteiger partial charge < -0.3 is 10.2 Å². The van der Waals surface area contributed by atoms with Crippen molar-refractivity contribution < 1.29 is 13.6 Å². The molecule has 2 aromatic rings. The first-order valence-corrected chi connectivity index (χ1v) is 11.8. The van der Waals surface area contributed by atoms with Gasteiger partial charge in [0.2, 0.25) is 5.91 Å². The molecule has 0 unspecified atom stereocenters. The number of amides is 1. The summed E-state index contributed by atoms with van der Waals surface area (Å²) < 4.78 is 26.6. The monoisotopic (exact) mass is 441 g/mol. The number of hydrogen-bond acceptors (Lipinski definition) is 3. The van der Waals surface area contributed by atoms with E-state index in [1.165, 1.54) is 24.5 Å². The molecule has 32 heavy (non-hydrogen) atoms. The Morgan fingerprint density at radius 1 is 0.906 bits per heavy atom. The molecule has 1 amide bonds. The van der Waals surface area contributed by atoms with Crippen molar-refractivity contribution in [2.45, 2.75) is 38.6 Å². The minimum atomic E-state index is -0.829. The number of anilines is 1. The van der Waals surface area contributed by atoms with Crippen LogP contribution in [0.3, 0.4) is 0 Å². The van der Waals surface area contributed by atoms with Crippen molar-refractivity contribution >= 4 is 11.6 Å². The maximum Gasteiger partial charge on any atom is 0.223 e. The Morgan fingerprint density at radius 2 is 1.62 bits per heavy atom. The van der Waals surface area contributed by atoms with E-state index in [1.54, 1.807) is 6.07 Å². The van der Waals surface area contributed by atoms with Gasteiger partial charge in [-0.15, -0.1) is 0 Å². The molecular formula is C26H33F2N3O. The van der Waals surface area contributed by atoms with Crippen LogP contribution in [-0.2, 0) is 11.3 Å². The van der Waals surface area contributed by atoms with Crippen LogP contribution in [0.25, 0.3) is 0 Å². The number of carbonyl (C=O) groups excluding carboxylic acids is 1. The predicted molar refractivity (Wildman–Crippen MR) is 123 cm³/mol. The van der Waals surface area contributed by atoms with Crippen molar-refractivity contribution in [3.63, 3.8) is 0 Å². The van der Waals surface area contributed by atoms with Gasteiger partial charge in [-0.1, -0.05) is 30.3 Å². The Labute approximate surface area is 189 Å². The van der Waals surface area contributed by atoms with Gasteiger partial charge in [0.15, 0.2) is 11.6 Å². The molecule has 0 saturated carbocycles. The Hall–Kier alpha value is -2.47. The lowest BCUT2D eigenvalue weighted by atomic mass is 9.92. The highest BCUT2D eigenvalue weighted by molar-refractivity contribution is 5.79. The standard InChI is InChI=1S/C26H33F2N3O/c27-24-7-6-23(18-25(24)28)31-16-11-22(12-17-31)26(32)29-13-8-20-9-14-30(15-10-20)19-21-4-2-1-3-5-21/h1-7,18,20,22H,8-17,19H2,(H,29,32). The highest BCUT2D eigenvalue weighted by Gasteiger charge is 2.26. The second-order valence-electron chi connectivity index (χ2n) is 9.14. The number of nitrogens with zero attached hydrogens (tertiary/aromatic N) is 2. The van der Waals surface area contributed by atoms with E-state index < -0.39 is 11.6 Å². The molecule has 1 N–H and O–H groups in total. The third kappa shape index (κ3) is 6.06. The maximum atomic E-state index is 13.5. The fourth-order valence-electron chi connectivity index (χ4n) is 4.90. The fraction of sp³-hybridized carbons (Fsp3) is 0.500. The Kier molecular flexibility index (Phi) is 7.74. The quantitative estimate of drug-likeness (QED) is 0.682. The molecule has 2 aromatic carbocycles. The van der Waals surface area contributed by atoms with E-state index in [1.807, 2.05) is 4.90 Å². The van der Waals surface area contributed by atoms with Crippen LogP contribution in [0.2, 0.25) is 0 Å². The molecule has 4 nitrogen and oxygen atoms in total. The van der Waals surface area contributed by atoms with Crippen LogP contribution in [0, 0.1) is 23.5 Å². The van der Waals surface area contributed by atoms with Gasteiger partial charge in [-0.25, -0.2) is 8.78 Å². The molecule has 2 aliphatic heterocycles. The molecule has 6 heteroatoms. The molecule has 0 aromatic heterocycles. The molecular weight excluding hydrogens is 408 g/mol. The lowest BCUT2D eigenvalue weighted by Crippen LogP contribution is -2.41. The van der Waals surface area contributed by atoms with Gasteiger partial charge in [-0.3, -0.25) is 9.69 Å². The first-order chi connectivity index (χ1) is 15.6. The second-order valence-corrected chi connectivity index (χ2v) is 9.14. The molecule has 2 heterocycles. The van der Waals surface area contributed by atoms with Crippen LogP contribution >= 0.6 is 0 Å². The Bertz CT molecular complexity index is 876. The summed E-state index contributed by atoms with van der Waals surface area (Å²) in [6.45, 7) is 5.37. The van der Waals surface area contributed by atoms with Crippen LogP contribution in [0.4, 0.5) is 14.5 Å². The first kappa shape index (κ1) is 22.7. The molecule has 172 valence electrons. The second kappa shape index (κ2) is 10.9. The van der Waals surface area contributed by atoms with E-state index in [-0.39, 0.29) is 11.8 Å². The van der Waals surface area contributed by atoms with Gasteiger partial charge in [-0.05, 0) is 68.8 Å². The van der Waals surface area contributed by atoms with E-state index in [2.05, 4.69) is 40.5 Å². The average Bonchev–Trinajstić information content (AvgIpc) is 2.83. The molecule has 2 saturated heterocycles. The fourth-order valence-corrected chi connectivity index (χ4v) is 4.90. The van der Waals surface area contributed by atoms with Gasteiger partial charge in [0.25, 0.3) is 0 Å². The normalized spacial score (nSPS) is 18.6. The van der Waals surface area contributed by atoms with E-state index in [9.17, 15) is 13.6 Å². The summed E-state index contributed by atoms with van der Waals surface area (Å²) in [4.78, 5) is 17.1. The minimum absolute atomic E-state index is 0.00395. The number of nitrogens with one attached hydrogen (secondary N) is 1. The largest absolute Gasteiger partial charge is 0.371 e. The van der Waals surface area contributed by atoms with Crippen LogP contribution < -0.4 is 10.2 Å². The molecule has 0 aliphatic carbocycles. The van der Waals surface area contributed by atoms with Gasteiger partial charge in [-0.2, -0.15) is 0 Å². The topological polar surface area (TPSA) is 35.6 Å². The van der Waals surface area contributed by atoms with Gasteiger partial charge >= 0.3 is 0 Å². The highest BCUT2D eigenvalue weighted by atomic mass is 19.2. The van der Waals surface area contributed by atoms with E-state index >= 15 is 0 Å². The number of halogens is 2. The molecule has 2 fully saturated rings. The number of piperidine rings is 2. The summed E-state index contributed by atoms with van der Waals surface area (Å²) in [6, 6.07) is 14.6. The molecule has 0 atom stereocenters. The number of carbonyl (C=O) groups is 1. The first-order valence-electron chi connectivity index (χ1n) is 11.8. The zero-order valence-corrected chi connectivity index (χ0v) is 18.6. The summed E-state index contributed by atoms with van der Waals surface area (Å²) in [5.41, 5.74) is 2.05. The van der Waals surface area contributed by atoms with Crippen molar-refractivity contribution in [1.29, 1.82) is 0 Å². The summed E-state index contributed by atoms with van der Waals surface area (Å²) in [5.74, 6) is -0.837. The van der Waals surface area contributed by atoms with E-state index in [4.69, 9.17) is 0 Å². The minimum Gasteiger partial charge on any atom is -0.371 e. The Balaban J connectivity index is 1.12. The lowest BCUT2D eigenvalue weighted by molar-refractivity contribution is -0.125. The summed E-state index contributed by atoms with van der Waals surface area (Å²) >= 11 is 0. The van der Waals surface area contributed by atoms with Crippen LogP contribution in [0.5, 0.6) is 0 Å². The van der Waals surface area contributed by atoms with Crippen molar-refractivity contribution in [3.05, 3.63) is 65.7 Å². The molecule has 0 radical (unpaired) electrons. The zero-order valence-electron chi connectivity index (χ0n) is 18.6. The van der Waals surface area contributed by atoms with Crippen LogP contribution in [0.1, 0.15) is 37.7 Å². The smallest absolute Gasteiger partial charge is 0.223 e. The SMILES string of the molecule is O=C(NCCC1CCN(Cc2ccccc2)CC1)C1CCN(c2ccc(F)c(F)c2)CC1. The van der Waals surface area contributed by atoms with Crippen molar-refractivity contribution in [2.75, 3.05) is 37.6 Å². The number of likely N-dealkylation sites (tertiary alicyclic amines) is 1. The highest BCUT2D eigenvalue weighted by Crippen LogP contribution is 2.25. The van der Waals surface area contributed by atoms with Crippen LogP contribution in [0.15, 0.2) is 48.5 Å². The molecule has 0 bridgehead atoms. The third-order valence-corrected chi connectivity index (χ3v) is 6.94. The average molecular weight is 442 g/mol. The van der Waals surface area contributed by atoms with E-state index in [0.717, 1.165) is 51.5 Å². The number of benzene rings is 2. The predicted octanol–water partition coefficient (Wildman–Crippen LogP) is 4.60. The molecule has 2 aliphatic rings. The van der Waals surface area contributed by atoms with E-state index in [0.29, 0.717) is 24.7 Å². The van der Waals surface area contributed by atoms with Crippen molar-refractivity contribution in [2.24, 2.45) is 11.8 Å². The van der Waals surface area contributed by atoms with Gasteiger partial charge in [0.1, 0.15) is 0 Å². The number of rotatable bonds is 7. The number of hydrogen-bond donors (Lipinski definition) is 1.